The van der Waals surface area contributed by atoms with Crippen LogP contribution in [0.5, 0.6) is 5.75 Å². The van der Waals surface area contributed by atoms with E-state index in [1.165, 1.54) is 0 Å². The number of hydrogen-bond acceptors (Lipinski definition) is 5. The summed E-state index contributed by atoms with van der Waals surface area (Å²) in [6.07, 6.45) is 0.558. The van der Waals surface area contributed by atoms with Crippen molar-refractivity contribution in [1.82, 2.24) is 19.8 Å². The zero-order chi connectivity index (χ0) is 26.4. The Bertz CT molecular complexity index is 1590. The lowest BCUT2D eigenvalue weighted by Gasteiger charge is -2.29. The van der Waals surface area contributed by atoms with E-state index in [0.717, 1.165) is 45.2 Å². The number of rotatable bonds is 5. The van der Waals surface area contributed by atoms with E-state index >= 15 is 0 Å². The van der Waals surface area contributed by atoms with Crippen LogP contribution in [0.2, 0.25) is 0 Å². The van der Waals surface area contributed by atoms with Gasteiger partial charge in [0.05, 0.1) is 18.5 Å². The van der Waals surface area contributed by atoms with Crippen molar-refractivity contribution in [3.8, 4) is 39.7 Å². The van der Waals surface area contributed by atoms with E-state index in [1.54, 1.807) is 18.1 Å². The molecule has 190 valence electrons. The predicted molar refractivity (Wildman–Crippen MR) is 142 cm³/mol. The first-order valence-electron chi connectivity index (χ1n) is 12.5. The highest BCUT2D eigenvalue weighted by Gasteiger charge is 2.39. The Morgan fingerprint density at radius 1 is 0.921 bits per heavy atom. The topological polar surface area (TPSA) is 93.5 Å². The summed E-state index contributed by atoms with van der Waals surface area (Å²) in [6, 6.07) is 22.9. The highest BCUT2D eigenvalue weighted by molar-refractivity contribution is 6.05. The number of piperidine rings is 1. The van der Waals surface area contributed by atoms with Crippen LogP contribution in [-0.2, 0) is 23.2 Å². The first-order chi connectivity index (χ1) is 18.5. The van der Waals surface area contributed by atoms with Gasteiger partial charge < -0.3 is 14.2 Å². The Morgan fingerprint density at radius 3 is 2.45 bits per heavy atom. The average molecular weight is 507 g/mol. The van der Waals surface area contributed by atoms with Gasteiger partial charge in [0, 0.05) is 42.3 Å². The minimum Gasteiger partial charge on any atom is -0.496 e. The summed E-state index contributed by atoms with van der Waals surface area (Å²) in [6.45, 7) is 0.309. The number of amides is 3. The number of para-hydroxylation sites is 1. The monoisotopic (exact) mass is 506 g/mol. The second-order valence-corrected chi connectivity index (χ2v) is 9.53. The molecule has 0 bridgehead atoms. The molecule has 4 aromatic rings. The molecule has 3 aromatic carbocycles. The first kappa shape index (κ1) is 23.7. The fraction of sp³-hybridized carbons (Fsp3) is 0.200. The Morgan fingerprint density at radius 2 is 1.68 bits per heavy atom. The molecule has 6 rings (SSSR count). The molecular formula is C30H26N4O4. The van der Waals surface area contributed by atoms with E-state index in [4.69, 9.17) is 9.72 Å². The van der Waals surface area contributed by atoms with E-state index in [2.05, 4.69) is 9.88 Å². The van der Waals surface area contributed by atoms with E-state index in [-0.39, 0.29) is 18.2 Å². The lowest BCUT2D eigenvalue weighted by molar-refractivity contribution is -0.136. The van der Waals surface area contributed by atoms with Gasteiger partial charge in [0.1, 0.15) is 17.6 Å². The molecule has 2 aliphatic heterocycles. The summed E-state index contributed by atoms with van der Waals surface area (Å²) in [7, 11) is 3.63. The quantitative estimate of drug-likeness (QED) is 0.410. The molecule has 1 aromatic heterocycles. The number of imidazole rings is 1. The molecule has 1 fully saturated rings. The van der Waals surface area contributed by atoms with Gasteiger partial charge in [-0.05, 0) is 36.2 Å². The highest BCUT2D eigenvalue weighted by Crippen LogP contribution is 2.40. The van der Waals surface area contributed by atoms with Crippen LogP contribution in [0, 0.1) is 0 Å². The molecule has 2 aliphatic rings. The molecule has 0 saturated carbocycles. The van der Waals surface area contributed by atoms with Crippen LogP contribution in [0.15, 0.2) is 72.8 Å². The van der Waals surface area contributed by atoms with E-state index < -0.39 is 11.9 Å². The fourth-order valence-corrected chi connectivity index (χ4v) is 5.42. The molecule has 1 atom stereocenters. The molecule has 8 nitrogen and oxygen atoms in total. The third-order valence-electron chi connectivity index (χ3n) is 7.29. The van der Waals surface area contributed by atoms with Crippen molar-refractivity contribution in [2.45, 2.75) is 25.4 Å². The smallest absolute Gasteiger partial charge is 0.255 e. The number of aromatic nitrogens is 2. The number of carbonyl (C=O) groups excluding carboxylic acids is 3. The average Bonchev–Trinajstić information content (AvgIpc) is 3.45. The third-order valence-corrected chi connectivity index (χ3v) is 7.29. The van der Waals surface area contributed by atoms with Gasteiger partial charge in [0.2, 0.25) is 11.8 Å². The van der Waals surface area contributed by atoms with Crippen LogP contribution >= 0.6 is 0 Å². The zero-order valence-electron chi connectivity index (χ0n) is 21.1. The SMILES string of the molecule is COc1ccccc1-c1c(-c2ccccc2)nc(-c2ccc3c(c2)CN(C2CCC(=O)NC2=O)C3=O)n1C. The number of nitrogens with zero attached hydrogens (tertiary/aromatic N) is 3. The summed E-state index contributed by atoms with van der Waals surface area (Å²) in [4.78, 5) is 43.8. The van der Waals surface area contributed by atoms with Crippen LogP contribution in [0.25, 0.3) is 33.9 Å². The zero-order valence-corrected chi connectivity index (χ0v) is 21.1. The molecule has 1 unspecified atom stereocenters. The maximum Gasteiger partial charge on any atom is 0.255 e. The maximum absolute atomic E-state index is 13.2. The number of hydrogen-bond donors (Lipinski definition) is 1. The second kappa shape index (κ2) is 9.30. The third kappa shape index (κ3) is 3.85. The molecule has 1 N–H and O–H groups in total. The number of fused-ring (bicyclic) bond motifs is 1. The second-order valence-electron chi connectivity index (χ2n) is 9.53. The van der Waals surface area contributed by atoms with Crippen molar-refractivity contribution in [3.63, 3.8) is 0 Å². The van der Waals surface area contributed by atoms with Crippen molar-refractivity contribution in [1.29, 1.82) is 0 Å². The summed E-state index contributed by atoms with van der Waals surface area (Å²) in [5, 5.41) is 2.35. The Kier molecular flexibility index (Phi) is 5.79. The summed E-state index contributed by atoms with van der Waals surface area (Å²) >= 11 is 0. The van der Waals surface area contributed by atoms with Crippen LogP contribution < -0.4 is 10.1 Å². The molecule has 1 saturated heterocycles. The summed E-state index contributed by atoms with van der Waals surface area (Å²) in [5.41, 5.74) is 5.93. The molecule has 38 heavy (non-hydrogen) atoms. The van der Waals surface area contributed by atoms with Crippen LogP contribution in [0.1, 0.15) is 28.8 Å². The summed E-state index contributed by atoms with van der Waals surface area (Å²) < 4.78 is 7.73. The highest BCUT2D eigenvalue weighted by atomic mass is 16.5. The van der Waals surface area contributed by atoms with Gasteiger partial charge in [-0.3, -0.25) is 19.7 Å². The molecule has 3 heterocycles. The Balaban J connectivity index is 1.43. The van der Waals surface area contributed by atoms with Gasteiger partial charge in [-0.15, -0.1) is 0 Å². The van der Waals surface area contributed by atoms with Crippen molar-refractivity contribution < 1.29 is 19.1 Å². The van der Waals surface area contributed by atoms with Crippen LogP contribution in [0.3, 0.4) is 0 Å². The Hall–Kier alpha value is -4.72. The van der Waals surface area contributed by atoms with Crippen LogP contribution in [0.4, 0.5) is 0 Å². The minimum atomic E-state index is -0.647. The first-order valence-corrected chi connectivity index (χ1v) is 12.5. The minimum absolute atomic E-state index is 0.194. The van der Waals surface area contributed by atoms with Crippen molar-refractivity contribution in [3.05, 3.63) is 83.9 Å². The van der Waals surface area contributed by atoms with Crippen molar-refractivity contribution in [2.24, 2.45) is 7.05 Å². The van der Waals surface area contributed by atoms with Crippen molar-refractivity contribution in [2.75, 3.05) is 7.11 Å². The standard InChI is InChI=1S/C30H26N4O4/c1-33-27(22-10-6-7-11-24(22)38-2)26(18-8-4-3-5-9-18)32-28(33)19-12-13-21-20(16-19)17-34(30(21)37)23-14-15-25(35)31-29(23)36/h3-13,16,23H,14-15,17H2,1-2H3,(H,31,35,36). The summed E-state index contributed by atoms with van der Waals surface area (Å²) in [5.74, 6) is 0.590. The number of benzene rings is 3. The largest absolute Gasteiger partial charge is 0.496 e. The Labute approximate surface area is 219 Å². The molecule has 0 radical (unpaired) electrons. The predicted octanol–water partition coefficient (Wildman–Crippen LogP) is 4.19. The van der Waals surface area contributed by atoms with Gasteiger partial charge in [0.25, 0.3) is 5.91 Å². The van der Waals surface area contributed by atoms with E-state index in [0.29, 0.717) is 18.5 Å². The van der Waals surface area contributed by atoms with E-state index in [1.807, 2.05) is 73.8 Å². The fourth-order valence-electron chi connectivity index (χ4n) is 5.42. The van der Waals surface area contributed by atoms with Gasteiger partial charge in [-0.2, -0.15) is 0 Å². The number of ether oxygens (including phenoxy) is 1. The van der Waals surface area contributed by atoms with Gasteiger partial charge in [-0.1, -0.05) is 48.5 Å². The normalized spacial score (nSPS) is 16.9. The molecule has 0 aliphatic carbocycles. The number of nitrogens with one attached hydrogen (secondary N) is 1. The molecule has 8 heteroatoms. The number of methoxy groups -OCH3 is 1. The molecule has 0 spiro atoms. The van der Waals surface area contributed by atoms with Gasteiger partial charge in [-0.25, -0.2) is 4.98 Å². The van der Waals surface area contributed by atoms with Gasteiger partial charge in [0.15, 0.2) is 0 Å². The van der Waals surface area contributed by atoms with Gasteiger partial charge >= 0.3 is 0 Å². The van der Waals surface area contributed by atoms with Crippen LogP contribution in [-0.4, -0.2) is 45.3 Å². The molecular weight excluding hydrogens is 480 g/mol. The lowest BCUT2D eigenvalue weighted by Crippen LogP contribution is -2.52. The lowest BCUT2D eigenvalue weighted by atomic mass is 10.0. The maximum atomic E-state index is 13.2. The van der Waals surface area contributed by atoms with E-state index in [9.17, 15) is 14.4 Å². The number of carbonyl (C=O) groups is 3. The number of imide groups is 1. The molecule has 3 amide bonds. The van der Waals surface area contributed by atoms with Crippen molar-refractivity contribution >= 4 is 17.7 Å².